The highest BCUT2D eigenvalue weighted by atomic mass is 35.5. The van der Waals surface area contributed by atoms with Gasteiger partial charge < -0.3 is 9.52 Å². The number of fused-ring (bicyclic) bond motifs is 1. The van der Waals surface area contributed by atoms with E-state index in [4.69, 9.17) is 27.6 Å². The normalized spacial score (nSPS) is 12.1. The SMILES string of the molecule is C.CC(C)CN(Cc1c(O)ccc2c(=O)c(-c3ccc(Cl)cc3Cl)c(C(F)(F)F)oc12)CC(C)C. The summed E-state index contributed by atoms with van der Waals surface area (Å²) in [5.41, 5.74) is -1.87. The summed E-state index contributed by atoms with van der Waals surface area (Å²) >= 11 is 12.0. The van der Waals surface area contributed by atoms with Crippen molar-refractivity contribution in [3.8, 4) is 16.9 Å². The van der Waals surface area contributed by atoms with Gasteiger partial charge in [-0.2, -0.15) is 13.2 Å². The maximum atomic E-state index is 14.1. The molecule has 0 radical (unpaired) electrons. The molecule has 0 saturated heterocycles. The molecule has 3 aromatic rings. The average molecular weight is 532 g/mol. The summed E-state index contributed by atoms with van der Waals surface area (Å²) in [6.07, 6.45) is -4.98. The van der Waals surface area contributed by atoms with Crippen LogP contribution in [0.3, 0.4) is 0 Å². The van der Waals surface area contributed by atoms with Crippen LogP contribution < -0.4 is 5.43 Å². The molecular formula is C26H30Cl2F3NO3. The van der Waals surface area contributed by atoms with Gasteiger partial charge in [-0.1, -0.05) is 64.4 Å². The lowest BCUT2D eigenvalue weighted by molar-refractivity contribution is -0.152. The van der Waals surface area contributed by atoms with Crippen LogP contribution in [0.15, 0.2) is 39.5 Å². The van der Waals surface area contributed by atoms with Gasteiger partial charge in [0.25, 0.3) is 0 Å². The number of halogens is 5. The van der Waals surface area contributed by atoms with E-state index >= 15 is 0 Å². The van der Waals surface area contributed by atoms with Crippen LogP contribution in [0, 0.1) is 11.8 Å². The molecule has 0 amide bonds. The van der Waals surface area contributed by atoms with Crippen molar-refractivity contribution in [2.75, 3.05) is 13.1 Å². The summed E-state index contributed by atoms with van der Waals surface area (Å²) in [5.74, 6) is -1.14. The number of hydrogen-bond donors (Lipinski definition) is 1. The van der Waals surface area contributed by atoms with Gasteiger partial charge in [0.2, 0.25) is 11.2 Å². The van der Waals surface area contributed by atoms with Crippen LogP contribution in [0.4, 0.5) is 13.2 Å². The minimum absolute atomic E-state index is 0. The fraction of sp³-hybridized carbons (Fsp3) is 0.423. The molecule has 4 nitrogen and oxygen atoms in total. The van der Waals surface area contributed by atoms with Crippen molar-refractivity contribution in [2.24, 2.45) is 11.8 Å². The van der Waals surface area contributed by atoms with Gasteiger partial charge in [-0.3, -0.25) is 9.69 Å². The molecule has 2 aromatic carbocycles. The summed E-state index contributed by atoms with van der Waals surface area (Å²) in [6.45, 7) is 9.55. The van der Waals surface area contributed by atoms with Crippen LogP contribution in [0.5, 0.6) is 5.75 Å². The van der Waals surface area contributed by atoms with Crippen LogP contribution in [-0.4, -0.2) is 23.1 Å². The largest absolute Gasteiger partial charge is 0.507 e. The molecule has 9 heteroatoms. The zero-order chi connectivity index (χ0) is 25.4. The first-order valence-corrected chi connectivity index (χ1v) is 11.6. The quantitative estimate of drug-likeness (QED) is 0.333. The Morgan fingerprint density at radius 2 is 1.63 bits per heavy atom. The molecule has 0 spiro atoms. The highest BCUT2D eigenvalue weighted by molar-refractivity contribution is 6.36. The minimum atomic E-state index is -4.98. The first kappa shape index (κ1) is 29.0. The van der Waals surface area contributed by atoms with Gasteiger partial charge >= 0.3 is 6.18 Å². The minimum Gasteiger partial charge on any atom is -0.507 e. The van der Waals surface area contributed by atoms with E-state index in [0.29, 0.717) is 13.1 Å². The molecule has 35 heavy (non-hydrogen) atoms. The second-order valence-corrected chi connectivity index (χ2v) is 10.0. The van der Waals surface area contributed by atoms with Gasteiger partial charge in [0.05, 0.1) is 21.5 Å². The van der Waals surface area contributed by atoms with Crippen molar-refractivity contribution >= 4 is 34.2 Å². The van der Waals surface area contributed by atoms with E-state index in [-0.39, 0.29) is 63.7 Å². The third kappa shape index (κ3) is 6.51. The summed E-state index contributed by atoms with van der Waals surface area (Å²) in [6, 6.07) is 6.44. The standard InChI is InChI=1S/C25H26Cl2F3NO3.CH4/c1-13(2)10-31(11-14(3)4)12-18-20(32)8-7-17-22(33)21(16-6-5-15(26)9-19(16)27)24(25(28,29)30)34-23(17)18;/h5-9,13-14,32H,10-12H2,1-4H3;1H4. The van der Waals surface area contributed by atoms with Crippen molar-refractivity contribution in [2.45, 2.75) is 47.8 Å². The van der Waals surface area contributed by atoms with Gasteiger partial charge in [-0.15, -0.1) is 0 Å². The Morgan fingerprint density at radius 3 is 2.14 bits per heavy atom. The smallest absolute Gasteiger partial charge is 0.450 e. The predicted molar refractivity (Wildman–Crippen MR) is 136 cm³/mol. The zero-order valence-corrected chi connectivity index (χ0v) is 20.8. The van der Waals surface area contributed by atoms with E-state index in [1.54, 1.807) is 0 Å². The number of hydrogen-bond acceptors (Lipinski definition) is 4. The Kier molecular flexibility index (Phi) is 9.31. The predicted octanol–water partition coefficient (Wildman–Crippen LogP) is 8.24. The molecule has 0 bridgehead atoms. The van der Waals surface area contributed by atoms with E-state index in [2.05, 4.69) is 0 Å². The van der Waals surface area contributed by atoms with Crippen LogP contribution in [0.25, 0.3) is 22.1 Å². The number of aromatic hydroxyl groups is 1. The first-order chi connectivity index (χ1) is 15.8. The first-order valence-electron chi connectivity index (χ1n) is 10.9. The second kappa shape index (κ2) is 11.2. The van der Waals surface area contributed by atoms with Gasteiger partial charge in [0.15, 0.2) is 0 Å². The second-order valence-electron chi connectivity index (χ2n) is 9.18. The monoisotopic (exact) mass is 531 g/mol. The number of benzene rings is 2. The Balaban J connectivity index is 0.00000432. The zero-order valence-electron chi connectivity index (χ0n) is 19.3. The van der Waals surface area contributed by atoms with Crippen molar-refractivity contribution < 1.29 is 22.7 Å². The molecule has 0 aliphatic carbocycles. The lowest BCUT2D eigenvalue weighted by atomic mass is 9.99. The molecular weight excluding hydrogens is 502 g/mol. The third-order valence-corrected chi connectivity index (χ3v) is 5.77. The highest BCUT2D eigenvalue weighted by Gasteiger charge is 2.40. The van der Waals surface area contributed by atoms with Crippen molar-refractivity contribution in [1.29, 1.82) is 0 Å². The maximum Gasteiger partial charge on any atom is 0.450 e. The Bertz CT molecular complexity index is 1240. The summed E-state index contributed by atoms with van der Waals surface area (Å²) < 4.78 is 47.7. The molecule has 1 heterocycles. The molecule has 192 valence electrons. The van der Waals surface area contributed by atoms with Crippen molar-refractivity contribution in [3.05, 3.63) is 61.9 Å². The van der Waals surface area contributed by atoms with E-state index in [0.717, 1.165) is 0 Å². The van der Waals surface area contributed by atoms with Gasteiger partial charge in [0, 0.05) is 30.2 Å². The topological polar surface area (TPSA) is 53.7 Å². The molecule has 0 aliphatic heterocycles. The Labute approximate surface area is 213 Å². The summed E-state index contributed by atoms with van der Waals surface area (Å²) in [5, 5.41) is 10.6. The lowest BCUT2D eigenvalue weighted by Crippen LogP contribution is -2.31. The summed E-state index contributed by atoms with van der Waals surface area (Å²) in [7, 11) is 0. The molecule has 1 aromatic heterocycles. The molecule has 0 unspecified atom stereocenters. The molecule has 0 saturated carbocycles. The molecule has 0 fully saturated rings. The third-order valence-electron chi connectivity index (χ3n) is 5.22. The van der Waals surface area contributed by atoms with Gasteiger partial charge in [-0.25, -0.2) is 0 Å². The number of alkyl halides is 3. The van der Waals surface area contributed by atoms with Gasteiger partial charge in [0.1, 0.15) is 11.3 Å². The summed E-state index contributed by atoms with van der Waals surface area (Å²) in [4.78, 5) is 15.4. The van der Waals surface area contributed by atoms with E-state index < -0.39 is 22.9 Å². The number of phenolic OH excluding ortho intramolecular Hbond substituents is 1. The van der Waals surface area contributed by atoms with E-state index in [1.807, 2.05) is 32.6 Å². The average Bonchev–Trinajstić information content (AvgIpc) is 2.69. The molecule has 0 aliphatic rings. The molecule has 0 atom stereocenters. The van der Waals surface area contributed by atoms with Gasteiger partial charge in [-0.05, 0) is 36.1 Å². The number of phenols is 1. The molecule has 3 rings (SSSR count). The lowest BCUT2D eigenvalue weighted by Gasteiger charge is -2.27. The Morgan fingerprint density at radius 1 is 1.03 bits per heavy atom. The highest BCUT2D eigenvalue weighted by Crippen LogP contribution is 2.41. The van der Waals surface area contributed by atoms with E-state index in [1.165, 1.54) is 30.3 Å². The number of rotatable bonds is 7. The van der Waals surface area contributed by atoms with Crippen LogP contribution in [-0.2, 0) is 12.7 Å². The number of nitrogens with zero attached hydrogens (tertiary/aromatic N) is 1. The van der Waals surface area contributed by atoms with Crippen molar-refractivity contribution in [3.63, 3.8) is 0 Å². The van der Waals surface area contributed by atoms with Crippen LogP contribution in [0.2, 0.25) is 10.0 Å². The van der Waals surface area contributed by atoms with Crippen molar-refractivity contribution in [1.82, 2.24) is 4.90 Å². The van der Waals surface area contributed by atoms with Crippen LogP contribution >= 0.6 is 23.2 Å². The maximum absolute atomic E-state index is 14.1. The fourth-order valence-corrected chi connectivity index (χ4v) is 4.56. The fourth-order valence-electron chi connectivity index (χ4n) is 4.05. The van der Waals surface area contributed by atoms with E-state index in [9.17, 15) is 23.1 Å². The Hall–Kier alpha value is -2.22. The molecule has 1 N–H and O–H groups in total. The van der Waals surface area contributed by atoms with Crippen LogP contribution in [0.1, 0.15) is 46.4 Å².